The number of fused-ring (bicyclic) bond motifs is 1. The van der Waals surface area contributed by atoms with Gasteiger partial charge in [0.2, 0.25) is 0 Å². The summed E-state index contributed by atoms with van der Waals surface area (Å²) in [5.41, 5.74) is 1.70. The molecule has 0 saturated heterocycles. The SMILES string of the molecule is COc1ccc2sc(Nc3ccc(F)cc3)nc2c1. The molecule has 0 spiro atoms. The van der Waals surface area contributed by atoms with Crippen molar-refractivity contribution < 1.29 is 9.13 Å². The number of rotatable bonds is 3. The molecule has 96 valence electrons. The lowest BCUT2D eigenvalue weighted by molar-refractivity contribution is 0.415. The van der Waals surface area contributed by atoms with Gasteiger partial charge < -0.3 is 10.1 Å². The lowest BCUT2D eigenvalue weighted by Gasteiger charge is -2.00. The Hall–Kier alpha value is -2.14. The molecule has 0 aliphatic heterocycles. The van der Waals surface area contributed by atoms with Crippen LogP contribution in [0.3, 0.4) is 0 Å². The second-order valence-electron chi connectivity index (χ2n) is 3.98. The second kappa shape index (κ2) is 4.85. The van der Waals surface area contributed by atoms with Crippen molar-refractivity contribution in [3.05, 3.63) is 48.3 Å². The number of anilines is 2. The average molecular weight is 274 g/mol. The van der Waals surface area contributed by atoms with E-state index in [1.165, 1.54) is 12.1 Å². The van der Waals surface area contributed by atoms with E-state index in [0.717, 1.165) is 26.8 Å². The minimum Gasteiger partial charge on any atom is -0.497 e. The van der Waals surface area contributed by atoms with Crippen molar-refractivity contribution in [2.24, 2.45) is 0 Å². The highest BCUT2D eigenvalue weighted by Crippen LogP contribution is 2.30. The molecule has 0 aliphatic carbocycles. The van der Waals surface area contributed by atoms with Gasteiger partial charge in [0.1, 0.15) is 11.6 Å². The zero-order chi connectivity index (χ0) is 13.2. The number of methoxy groups -OCH3 is 1. The smallest absolute Gasteiger partial charge is 0.188 e. The summed E-state index contributed by atoms with van der Waals surface area (Å²) in [7, 11) is 1.63. The Labute approximate surface area is 113 Å². The molecule has 5 heteroatoms. The lowest BCUT2D eigenvalue weighted by atomic mass is 10.3. The highest BCUT2D eigenvalue weighted by molar-refractivity contribution is 7.22. The van der Waals surface area contributed by atoms with E-state index in [-0.39, 0.29) is 5.82 Å². The summed E-state index contributed by atoms with van der Waals surface area (Å²) in [5.74, 6) is 0.533. The van der Waals surface area contributed by atoms with E-state index >= 15 is 0 Å². The zero-order valence-electron chi connectivity index (χ0n) is 10.2. The van der Waals surface area contributed by atoms with E-state index in [4.69, 9.17) is 4.74 Å². The van der Waals surface area contributed by atoms with Crippen molar-refractivity contribution in [2.45, 2.75) is 0 Å². The number of ether oxygens (including phenoxy) is 1. The number of halogens is 1. The average Bonchev–Trinajstić information content (AvgIpc) is 2.82. The van der Waals surface area contributed by atoms with Crippen LogP contribution in [0.2, 0.25) is 0 Å². The van der Waals surface area contributed by atoms with Crippen LogP contribution in [0.15, 0.2) is 42.5 Å². The number of nitrogens with one attached hydrogen (secondary N) is 1. The fourth-order valence-corrected chi connectivity index (χ4v) is 2.61. The largest absolute Gasteiger partial charge is 0.497 e. The molecule has 19 heavy (non-hydrogen) atoms. The van der Waals surface area contributed by atoms with Crippen molar-refractivity contribution in [2.75, 3.05) is 12.4 Å². The van der Waals surface area contributed by atoms with Gasteiger partial charge in [-0.05, 0) is 36.4 Å². The third kappa shape index (κ3) is 2.51. The van der Waals surface area contributed by atoms with Gasteiger partial charge in [0, 0.05) is 11.8 Å². The predicted molar refractivity (Wildman–Crippen MR) is 75.9 cm³/mol. The maximum absolute atomic E-state index is 12.8. The quantitative estimate of drug-likeness (QED) is 0.777. The Morgan fingerprint density at radius 1 is 1.16 bits per heavy atom. The first kappa shape index (κ1) is 11.9. The van der Waals surface area contributed by atoms with Gasteiger partial charge in [-0.15, -0.1) is 0 Å². The van der Waals surface area contributed by atoms with Crippen LogP contribution in [0.5, 0.6) is 5.75 Å². The predicted octanol–water partition coefficient (Wildman–Crippen LogP) is 4.19. The zero-order valence-corrected chi connectivity index (χ0v) is 11.0. The number of nitrogens with zero attached hydrogens (tertiary/aromatic N) is 1. The summed E-state index contributed by atoms with van der Waals surface area (Å²) in [6.07, 6.45) is 0. The van der Waals surface area contributed by atoms with Crippen molar-refractivity contribution in [3.63, 3.8) is 0 Å². The van der Waals surface area contributed by atoms with Gasteiger partial charge in [-0.3, -0.25) is 0 Å². The van der Waals surface area contributed by atoms with Crippen molar-refractivity contribution >= 4 is 32.4 Å². The Bertz CT molecular complexity index is 709. The maximum Gasteiger partial charge on any atom is 0.188 e. The molecule has 0 radical (unpaired) electrons. The number of benzene rings is 2. The first-order valence-electron chi connectivity index (χ1n) is 5.72. The summed E-state index contributed by atoms with van der Waals surface area (Å²) in [6.45, 7) is 0. The molecule has 0 aliphatic rings. The van der Waals surface area contributed by atoms with Crippen LogP contribution >= 0.6 is 11.3 Å². The molecular weight excluding hydrogens is 263 g/mol. The lowest BCUT2D eigenvalue weighted by Crippen LogP contribution is -1.88. The van der Waals surface area contributed by atoms with E-state index in [0.29, 0.717) is 0 Å². The minimum absolute atomic E-state index is 0.250. The van der Waals surface area contributed by atoms with Crippen LogP contribution in [-0.2, 0) is 0 Å². The molecule has 3 aromatic rings. The maximum atomic E-state index is 12.8. The van der Waals surface area contributed by atoms with Crippen LogP contribution in [0, 0.1) is 5.82 Å². The van der Waals surface area contributed by atoms with E-state index in [1.807, 2.05) is 18.2 Å². The number of hydrogen-bond acceptors (Lipinski definition) is 4. The molecule has 0 amide bonds. The third-order valence-electron chi connectivity index (χ3n) is 2.69. The van der Waals surface area contributed by atoms with Crippen molar-refractivity contribution in [1.29, 1.82) is 0 Å². The molecular formula is C14H11FN2OS. The van der Waals surface area contributed by atoms with E-state index < -0.39 is 0 Å². The van der Waals surface area contributed by atoms with E-state index in [1.54, 1.807) is 30.6 Å². The van der Waals surface area contributed by atoms with Gasteiger partial charge in [0.05, 0.1) is 17.3 Å². The van der Waals surface area contributed by atoms with Crippen LogP contribution in [0.4, 0.5) is 15.2 Å². The fourth-order valence-electron chi connectivity index (χ4n) is 1.74. The van der Waals surface area contributed by atoms with Crippen molar-refractivity contribution in [1.82, 2.24) is 4.98 Å². The van der Waals surface area contributed by atoms with Gasteiger partial charge >= 0.3 is 0 Å². The highest BCUT2D eigenvalue weighted by atomic mass is 32.1. The van der Waals surface area contributed by atoms with Gasteiger partial charge in [-0.1, -0.05) is 11.3 Å². The van der Waals surface area contributed by atoms with Gasteiger partial charge in [0.15, 0.2) is 5.13 Å². The van der Waals surface area contributed by atoms with Crippen molar-refractivity contribution in [3.8, 4) is 5.75 Å². The molecule has 0 saturated carbocycles. The van der Waals surface area contributed by atoms with Crippen LogP contribution < -0.4 is 10.1 Å². The summed E-state index contributed by atoms with van der Waals surface area (Å²) >= 11 is 1.54. The molecule has 0 bridgehead atoms. The normalized spacial score (nSPS) is 10.6. The Morgan fingerprint density at radius 3 is 2.68 bits per heavy atom. The Morgan fingerprint density at radius 2 is 1.95 bits per heavy atom. The standard InChI is InChI=1S/C14H11FN2OS/c1-18-11-6-7-13-12(8-11)17-14(19-13)16-10-4-2-9(15)3-5-10/h2-8H,1H3,(H,16,17). The molecule has 1 aromatic heterocycles. The highest BCUT2D eigenvalue weighted by Gasteiger charge is 2.05. The monoisotopic (exact) mass is 274 g/mol. The topological polar surface area (TPSA) is 34.1 Å². The molecule has 0 fully saturated rings. The molecule has 0 atom stereocenters. The van der Waals surface area contributed by atoms with E-state index in [2.05, 4.69) is 10.3 Å². The van der Waals surface area contributed by atoms with Gasteiger partial charge in [0.25, 0.3) is 0 Å². The molecule has 1 N–H and O–H groups in total. The molecule has 1 heterocycles. The Kier molecular flexibility index (Phi) is 3.05. The summed E-state index contributed by atoms with van der Waals surface area (Å²) in [4.78, 5) is 4.47. The molecule has 2 aromatic carbocycles. The molecule has 0 unspecified atom stereocenters. The summed E-state index contributed by atoms with van der Waals surface area (Å²) in [6, 6.07) is 12.0. The second-order valence-corrected chi connectivity index (χ2v) is 5.02. The van der Waals surface area contributed by atoms with Crippen LogP contribution in [0.25, 0.3) is 10.2 Å². The first-order valence-corrected chi connectivity index (χ1v) is 6.53. The fraction of sp³-hybridized carbons (Fsp3) is 0.0714. The Balaban J connectivity index is 1.90. The van der Waals surface area contributed by atoms with E-state index in [9.17, 15) is 4.39 Å². The number of aromatic nitrogens is 1. The van der Waals surface area contributed by atoms with Gasteiger partial charge in [-0.25, -0.2) is 9.37 Å². The first-order chi connectivity index (χ1) is 9.24. The molecule has 3 rings (SSSR count). The molecule has 3 nitrogen and oxygen atoms in total. The minimum atomic E-state index is -0.250. The summed E-state index contributed by atoms with van der Waals surface area (Å²) in [5, 5.41) is 3.93. The summed E-state index contributed by atoms with van der Waals surface area (Å²) < 4.78 is 19.1. The van der Waals surface area contributed by atoms with Crippen LogP contribution in [-0.4, -0.2) is 12.1 Å². The third-order valence-corrected chi connectivity index (χ3v) is 3.64. The number of hydrogen-bond donors (Lipinski definition) is 1. The number of thiazole rings is 1. The van der Waals surface area contributed by atoms with Crippen LogP contribution in [0.1, 0.15) is 0 Å². The van der Waals surface area contributed by atoms with Gasteiger partial charge in [-0.2, -0.15) is 0 Å².